The molecule has 0 bridgehead atoms. The van der Waals surface area contributed by atoms with E-state index in [0.717, 1.165) is 25.7 Å². The quantitative estimate of drug-likeness (QED) is 0.0822. The highest BCUT2D eigenvalue weighted by atomic mass is 16.6. The van der Waals surface area contributed by atoms with E-state index in [9.17, 15) is 29.7 Å². The molecule has 9 heteroatoms. The fraction of sp³-hybridized carbons (Fsp3) is 0.761. The Morgan fingerprint density at radius 1 is 0.727 bits per heavy atom. The Morgan fingerprint density at radius 2 is 1.27 bits per heavy atom. The van der Waals surface area contributed by atoms with Crippen LogP contribution in [0.5, 0.6) is 0 Å². The molecule has 12 atom stereocenters. The highest BCUT2D eigenvalue weighted by molar-refractivity contribution is 5.88. The molecule has 0 saturated heterocycles. The number of carbonyl (C=O) groups excluding carboxylic acids is 3. The largest absolute Gasteiger partial charge is 0.462 e. The Hall–Kier alpha value is -2.75. The minimum Gasteiger partial charge on any atom is -0.462 e. The molecular weight excluding hydrogens is 696 g/mol. The van der Waals surface area contributed by atoms with Crippen LogP contribution in [-0.2, 0) is 28.6 Å². The van der Waals surface area contributed by atoms with Crippen LogP contribution >= 0.6 is 0 Å². The van der Waals surface area contributed by atoms with E-state index >= 15 is 0 Å². The lowest BCUT2D eigenvalue weighted by atomic mass is 9.35. The van der Waals surface area contributed by atoms with Gasteiger partial charge in [-0.25, -0.2) is 14.4 Å². The summed E-state index contributed by atoms with van der Waals surface area (Å²) < 4.78 is 18.2. The number of aliphatic hydroxyl groups excluding tert-OH is 3. The summed E-state index contributed by atoms with van der Waals surface area (Å²) in [6.45, 7) is 27.8. The van der Waals surface area contributed by atoms with Crippen molar-refractivity contribution < 1.29 is 43.9 Å². The smallest absolute Gasteiger partial charge is 0.333 e. The molecule has 0 aliphatic heterocycles. The number of fused-ring (bicyclic) bond motifs is 2. The van der Waals surface area contributed by atoms with Gasteiger partial charge >= 0.3 is 17.9 Å². The third kappa shape index (κ3) is 7.56. The van der Waals surface area contributed by atoms with E-state index in [0.29, 0.717) is 42.4 Å². The molecule has 3 N–H and O–H groups in total. The lowest BCUT2D eigenvalue weighted by Crippen LogP contribution is -2.70. The molecule has 4 aliphatic rings. The van der Waals surface area contributed by atoms with Crippen molar-refractivity contribution in [1.29, 1.82) is 0 Å². The van der Waals surface area contributed by atoms with Crippen LogP contribution in [0.1, 0.15) is 134 Å². The Balaban J connectivity index is 1.79. The number of carbonyl (C=O) groups is 3. The molecule has 3 unspecified atom stereocenters. The number of rotatable bonds is 11. The first-order valence-corrected chi connectivity index (χ1v) is 20.6. The zero-order valence-electron chi connectivity index (χ0n) is 35.9. The van der Waals surface area contributed by atoms with Crippen molar-refractivity contribution in [3.8, 4) is 0 Å². The maximum Gasteiger partial charge on any atom is 0.333 e. The van der Waals surface area contributed by atoms with Gasteiger partial charge in [0.05, 0.1) is 23.7 Å². The standard InChI is InChI=1S/C46H72O9/c1-14-18-33-43(11)21-20-35(55-40(52)30(7)17-4)44(12,26-53-38(50)28(5)15-2)32(43)19-22-45(33,13)42(10)24-31-23-41(8,9)36(48)37(49)46(31,34(47)25-42)27-54-39(51)29(6)16-3/h14-17,31-37,47-49H,1,18-27H2,2-13H3/b28-15-,29-16-,30-17-/t31?,32?,33?,34-,35+,36+,37+,42+,43+,44-,45-,46+/m1/s1. The van der Waals surface area contributed by atoms with Crippen molar-refractivity contribution in [2.45, 2.75) is 159 Å². The molecule has 4 saturated carbocycles. The number of ether oxygens (including phenoxy) is 3. The first-order valence-electron chi connectivity index (χ1n) is 20.6. The number of hydrogen-bond acceptors (Lipinski definition) is 9. The summed E-state index contributed by atoms with van der Waals surface area (Å²) >= 11 is 0. The molecule has 0 radical (unpaired) electrons. The summed E-state index contributed by atoms with van der Waals surface area (Å²) in [6, 6.07) is 0. The van der Waals surface area contributed by atoms with E-state index in [2.05, 4.69) is 34.3 Å². The Labute approximate surface area is 331 Å². The van der Waals surface area contributed by atoms with Crippen molar-refractivity contribution in [2.24, 2.45) is 50.2 Å². The average Bonchev–Trinajstić information content (AvgIpc) is 3.13. The summed E-state index contributed by atoms with van der Waals surface area (Å²) in [5.41, 5.74) is -2.04. The molecule has 4 aliphatic carbocycles. The Morgan fingerprint density at radius 3 is 1.82 bits per heavy atom. The minimum absolute atomic E-state index is 0.0326. The van der Waals surface area contributed by atoms with Gasteiger partial charge in [0.2, 0.25) is 0 Å². The lowest BCUT2D eigenvalue weighted by Gasteiger charge is -2.70. The monoisotopic (exact) mass is 769 g/mol. The van der Waals surface area contributed by atoms with Gasteiger partial charge in [-0.1, -0.05) is 65.8 Å². The fourth-order valence-corrected chi connectivity index (χ4v) is 12.0. The molecule has 55 heavy (non-hydrogen) atoms. The van der Waals surface area contributed by atoms with Crippen LogP contribution in [-0.4, -0.2) is 70.9 Å². The van der Waals surface area contributed by atoms with Crippen molar-refractivity contribution in [1.82, 2.24) is 0 Å². The number of esters is 3. The van der Waals surface area contributed by atoms with Crippen LogP contribution in [0.3, 0.4) is 0 Å². The van der Waals surface area contributed by atoms with Gasteiger partial charge in [0.15, 0.2) is 0 Å². The second-order valence-electron chi connectivity index (χ2n) is 19.5. The van der Waals surface area contributed by atoms with Gasteiger partial charge in [0, 0.05) is 22.1 Å². The second kappa shape index (κ2) is 16.2. The van der Waals surface area contributed by atoms with Crippen LogP contribution in [0.2, 0.25) is 0 Å². The van der Waals surface area contributed by atoms with Crippen LogP contribution in [0.25, 0.3) is 0 Å². The highest BCUT2D eigenvalue weighted by Crippen LogP contribution is 2.73. The molecule has 0 spiro atoms. The topological polar surface area (TPSA) is 140 Å². The number of hydrogen-bond donors (Lipinski definition) is 3. The third-order valence-electron chi connectivity index (χ3n) is 16.2. The third-order valence-corrected chi connectivity index (χ3v) is 16.2. The van der Waals surface area contributed by atoms with E-state index in [1.54, 1.807) is 45.9 Å². The van der Waals surface area contributed by atoms with Crippen LogP contribution in [0, 0.1) is 50.2 Å². The van der Waals surface area contributed by atoms with Gasteiger partial charge in [0.25, 0.3) is 0 Å². The molecule has 0 amide bonds. The summed E-state index contributed by atoms with van der Waals surface area (Å²) in [4.78, 5) is 39.3. The normalized spacial score (nSPS) is 42.0. The van der Waals surface area contributed by atoms with Crippen molar-refractivity contribution >= 4 is 17.9 Å². The molecule has 0 aromatic heterocycles. The molecule has 310 valence electrons. The van der Waals surface area contributed by atoms with Gasteiger partial charge in [0.1, 0.15) is 19.3 Å². The molecule has 4 rings (SSSR count). The van der Waals surface area contributed by atoms with Crippen molar-refractivity contribution in [3.05, 3.63) is 47.6 Å². The first-order chi connectivity index (χ1) is 25.5. The van der Waals surface area contributed by atoms with Crippen LogP contribution in [0.15, 0.2) is 47.6 Å². The number of allylic oxidation sites excluding steroid dienone is 4. The summed E-state index contributed by atoms with van der Waals surface area (Å²) in [5, 5.41) is 35.9. The van der Waals surface area contributed by atoms with Gasteiger partial charge in [-0.05, 0) is 132 Å². The van der Waals surface area contributed by atoms with Crippen LogP contribution in [0.4, 0.5) is 0 Å². The van der Waals surface area contributed by atoms with Gasteiger partial charge < -0.3 is 29.5 Å². The van der Waals surface area contributed by atoms with E-state index in [4.69, 9.17) is 14.2 Å². The van der Waals surface area contributed by atoms with E-state index in [1.807, 2.05) is 33.8 Å². The average molecular weight is 769 g/mol. The SMILES string of the molecule is C=CCC1[C@@]2(C)CC[C@H](OC(=O)/C(C)=C\C)[C@](C)(COC(=O)/C(C)=C\C)C2CC[C@@]1(C)[C@@]1(C)CC2CC(C)(C)[C@@H](O)[C@H](O)[C@]2(COC(=O)/C(C)=C\C)[C@H](O)C1. The van der Waals surface area contributed by atoms with Gasteiger partial charge in [-0.2, -0.15) is 0 Å². The van der Waals surface area contributed by atoms with Crippen molar-refractivity contribution in [3.63, 3.8) is 0 Å². The molecule has 0 heterocycles. The first kappa shape index (κ1) is 45.0. The fourth-order valence-electron chi connectivity index (χ4n) is 12.0. The minimum atomic E-state index is -1.29. The number of aliphatic hydroxyl groups is 3. The summed E-state index contributed by atoms with van der Waals surface area (Å²) in [6.07, 6.45) is 8.59. The highest BCUT2D eigenvalue weighted by Gasteiger charge is 2.70. The summed E-state index contributed by atoms with van der Waals surface area (Å²) in [7, 11) is 0. The zero-order chi connectivity index (χ0) is 41.5. The predicted octanol–water partition coefficient (Wildman–Crippen LogP) is 8.21. The Bertz CT molecular complexity index is 1570. The second-order valence-corrected chi connectivity index (χ2v) is 19.5. The van der Waals surface area contributed by atoms with Gasteiger partial charge in [-0.3, -0.25) is 0 Å². The van der Waals surface area contributed by atoms with Crippen molar-refractivity contribution in [2.75, 3.05) is 13.2 Å². The summed E-state index contributed by atoms with van der Waals surface area (Å²) in [5.74, 6) is -1.35. The molecule has 9 nitrogen and oxygen atoms in total. The van der Waals surface area contributed by atoms with E-state index in [1.165, 1.54) is 0 Å². The lowest BCUT2D eigenvalue weighted by molar-refractivity contribution is -0.277. The van der Waals surface area contributed by atoms with Crippen LogP contribution < -0.4 is 0 Å². The maximum absolute atomic E-state index is 13.3. The molecule has 4 fully saturated rings. The maximum atomic E-state index is 13.3. The predicted molar refractivity (Wildman–Crippen MR) is 214 cm³/mol. The van der Waals surface area contributed by atoms with E-state index in [-0.39, 0.29) is 53.7 Å². The molecular formula is C46H72O9. The van der Waals surface area contributed by atoms with E-state index < -0.39 is 52.0 Å². The zero-order valence-corrected chi connectivity index (χ0v) is 35.9. The molecule has 0 aromatic carbocycles. The van der Waals surface area contributed by atoms with Gasteiger partial charge in [-0.15, -0.1) is 6.58 Å². The molecule has 0 aromatic rings. The Kier molecular flexibility index (Phi) is 13.3.